The number of furan rings is 1. The van der Waals surface area contributed by atoms with Gasteiger partial charge in [-0.25, -0.2) is 8.42 Å². The molecule has 7 heteroatoms. The predicted octanol–water partition coefficient (Wildman–Crippen LogP) is 3.26. The molecular weight excluding hydrogens is 376 g/mol. The van der Waals surface area contributed by atoms with E-state index in [-0.39, 0.29) is 11.8 Å². The van der Waals surface area contributed by atoms with Crippen molar-refractivity contribution in [3.8, 4) is 0 Å². The monoisotopic (exact) mass is 402 g/mol. The van der Waals surface area contributed by atoms with Crippen LogP contribution < -0.4 is 0 Å². The number of benzene rings is 1. The van der Waals surface area contributed by atoms with Gasteiger partial charge in [0.1, 0.15) is 11.5 Å². The van der Waals surface area contributed by atoms with Gasteiger partial charge in [0.25, 0.3) is 0 Å². The summed E-state index contributed by atoms with van der Waals surface area (Å²) < 4.78 is 32.1. The zero-order valence-electron chi connectivity index (χ0n) is 16.2. The van der Waals surface area contributed by atoms with Crippen LogP contribution in [-0.2, 0) is 21.4 Å². The zero-order chi connectivity index (χ0) is 20.1. The third-order valence-electron chi connectivity index (χ3n) is 4.96. The smallest absolute Gasteiger partial charge is 0.236 e. The highest BCUT2D eigenvalue weighted by molar-refractivity contribution is 7.92. The van der Waals surface area contributed by atoms with Gasteiger partial charge in [-0.15, -0.1) is 0 Å². The lowest BCUT2D eigenvalue weighted by molar-refractivity contribution is -0.136. The molecule has 1 aromatic heterocycles. The number of sulfonamides is 1. The number of carbonyl (C=O) groups is 1. The van der Waals surface area contributed by atoms with Crippen LogP contribution in [-0.4, -0.2) is 43.7 Å². The van der Waals surface area contributed by atoms with E-state index in [9.17, 15) is 13.2 Å². The molecule has 0 atom stereocenters. The standard InChI is InChI=1S/C21H26N2O4S/c1-17-8-9-20(27-17)16-22(2)21(24)19-10-13-23(14-11-19)28(25,26)15-12-18-6-4-3-5-7-18/h3-9,12,15,19H,10-11,13-14,16H2,1-2H3/b15-12+. The molecular formula is C21H26N2O4S. The summed E-state index contributed by atoms with van der Waals surface area (Å²) in [5, 5.41) is 1.25. The summed E-state index contributed by atoms with van der Waals surface area (Å²) in [7, 11) is -1.73. The van der Waals surface area contributed by atoms with E-state index < -0.39 is 10.0 Å². The van der Waals surface area contributed by atoms with Crippen LogP contribution in [0.15, 0.2) is 52.3 Å². The lowest BCUT2D eigenvalue weighted by Crippen LogP contribution is -2.42. The Morgan fingerprint density at radius 2 is 1.86 bits per heavy atom. The minimum Gasteiger partial charge on any atom is -0.464 e. The van der Waals surface area contributed by atoms with Gasteiger partial charge >= 0.3 is 0 Å². The van der Waals surface area contributed by atoms with Gasteiger partial charge in [-0.3, -0.25) is 4.79 Å². The molecule has 1 aromatic carbocycles. The zero-order valence-corrected chi connectivity index (χ0v) is 17.1. The second-order valence-electron chi connectivity index (χ2n) is 7.14. The topological polar surface area (TPSA) is 70.8 Å². The summed E-state index contributed by atoms with van der Waals surface area (Å²) in [4.78, 5) is 14.3. The number of carbonyl (C=O) groups excluding carboxylic acids is 1. The molecule has 28 heavy (non-hydrogen) atoms. The SMILES string of the molecule is Cc1ccc(CN(C)C(=O)C2CCN(S(=O)(=O)/C=C/c3ccccc3)CC2)o1. The Hall–Kier alpha value is -2.38. The molecule has 0 aliphatic carbocycles. The molecule has 2 heterocycles. The number of rotatable bonds is 6. The van der Waals surface area contributed by atoms with E-state index in [0.717, 1.165) is 17.1 Å². The van der Waals surface area contributed by atoms with Crippen LogP contribution in [0.25, 0.3) is 6.08 Å². The van der Waals surface area contributed by atoms with Crippen LogP contribution in [0.2, 0.25) is 0 Å². The van der Waals surface area contributed by atoms with Crippen LogP contribution in [0.1, 0.15) is 29.9 Å². The van der Waals surface area contributed by atoms with Crippen molar-refractivity contribution in [2.75, 3.05) is 20.1 Å². The van der Waals surface area contributed by atoms with E-state index in [1.54, 1.807) is 18.0 Å². The third-order valence-corrected chi connectivity index (χ3v) is 6.53. The summed E-state index contributed by atoms with van der Waals surface area (Å²) >= 11 is 0. The lowest BCUT2D eigenvalue weighted by atomic mass is 9.96. The van der Waals surface area contributed by atoms with Gasteiger partial charge in [-0.1, -0.05) is 30.3 Å². The Morgan fingerprint density at radius 3 is 2.46 bits per heavy atom. The number of aryl methyl sites for hydroxylation is 1. The van der Waals surface area contributed by atoms with Crippen LogP contribution >= 0.6 is 0 Å². The Bertz CT molecular complexity index is 926. The fourth-order valence-electron chi connectivity index (χ4n) is 3.37. The largest absolute Gasteiger partial charge is 0.464 e. The second kappa shape index (κ2) is 8.75. The summed E-state index contributed by atoms with van der Waals surface area (Å²) in [6, 6.07) is 13.1. The van der Waals surface area contributed by atoms with E-state index in [2.05, 4.69) is 0 Å². The van der Waals surface area contributed by atoms with Crippen molar-refractivity contribution in [2.45, 2.75) is 26.3 Å². The van der Waals surface area contributed by atoms with E-state index in [1.807, 2.05) is 49.4 Å². The Labute approximate surface area is 166 Å². The third kappa shape index (κ3) is 5.11. The lowest BCUT2D eigenvalue weighted by Gasteiger charge is -2.31. The van der Waals surface area contributed by atoms with Crippen molar-refractivity contribution in [3.05, 3.63) is 65.0 Å². The molecule has 2 aromatic rings. The van der Waals surface area contributed by atoms with Crippen LogP contribution in [0, 0.1) is 12.8 Å². The van der Waals surface area contributed by atoms with Crippen molar-refractivity contribution in [1.29, 1.82) is 0 Å². The number of amides is 1. The normalized spacial score (nSPS) is 16.5. The van der Waals surface area contributed by atoms with Gasteiger partial charge in [-0.2, -0.15) is 4.31 Å². The van der Waals surface area contributed by atoms with Crippen molar-refractivity contribution in [3.63, 3.8) is 0 Å². The maximum Gasteiger partial charge on any atom is 0.236 e. The van der Waals surface area contributed by atoms with E-state index >= 15 is 0 Å². The molecule has 1 aliphatic heterocycles. The summed E-state index contributed by atoms with van der Waals surface area (Å²) in [5.41, 5.74) is 0.839. The molecule has 3 rings (SSSR count). The number of hydrogen-bond donors (Lipinski definition) is 0. The average Bonchev–Trinajstić information content (AvgIpc) is 3.11. The summed E-state index contributed by atoms with van der Waals surface area (Å²) in [6.07, 6.45) is 2.66. The minimum absolute atomic E-state index is 0.0333. The first-order valence-electron chi connectivity index (χ1n) is 9.39. The van der Waals surface area contributed by atoms with Crippen molar-refractivity contribution in [2.24, 2.45) is 5.92 Å². The van der Waals surface area contributed by atoms with Crippen molar-refractivity contribution < 1.29 is 17.6 Å². The molecule has 0 saturated carbocycles. The van der Waals surface area contributed by atoms with E-state index in [1.165, 1.54) is 9.71 Å². The van der Waals surface area contributed by atoms with E-state index in [4.69, 9.17) is 4.42 Å². The Balaban J connectivity index is 1.54. The first-order valence-corrected chi connectivity index (χ1v) is 10.9. The highest BCUT2D eigenvalue weighted by atomic mass is 32.2. The molecule has 0 unspecified atom stereocenters. The van der Waals surface area contributed by atoms with Gasteiger partial charge < -0.3 is 9.32 Å². The average molecular weight is 403 g/mol. The van der Waals surface area contributed by atoms with Gasteiger partial charge in [-0.05, 0) is 43.5 Å². The molecule has 1 amide bonds. The van der Waals surface area contributed by atoms with Crippen LogP contribution in [0.3, 0.4) is 0 Å². The van der Waals surface area contributed by atoms with Crippen molar-refractivity contribution >= 4 is 22.0 Å². The maximum atomic E-state index is 12.7. The Kier molecular flexibility index (Phi) is 6.36. The van der Waals surface area contributed by atoms with Crippen LogP contribution in [0.5, 0.6) is 0 Å². The van der Waals surface area contributed by atoms with Crippen molar-refractivity contribution in [1.82, 2.24) is 9.21 Å². The molecule has 6 nitrogen and oxygen atoms in total. The van der Waals surface area contributed by atoms with Gasteiger partial charge in [0.2, 0.25) is 15.9 Å². The highest BCUT2D eigenvalue weighted by Gasteiger charge is 2.31. The van der Waals surface area contributed by atoms with Crippen LogP contribution in [0.4, 0.5) is 0 Å². The molecule has 1 aliphatic rings. The molecule has 150 valence electrons. The van der Waals surface area contributed by atoms with Gasteiger partial charge in [0.05, 0.1) is 6.54 Å². The summed E-state index contributed by atoms with van der Waals surface area (Å²) in [6.45, 7) is 3.00. The number of nitrogens with zero attached hydrogens (tertiary/aromatic N) is 2. The second-order valence-corrected chi connectivity index (χ2v) is 8.96. The van der Waals surface area contributed by atoms with Gasteiger partial charge in [0.15, 0.2) is 0 Å². The molecule has 1 fully saturated rings. The molecule has 0 bridgehead atoms. The maximum absolute atomic E-state index is 12.7. The van der Waals surface area contributed by atoms with Gasteiger partial charge in [0, 0.05) is 31.5 Å². The summed E-state index contributed by atoms with van der Waals surface area (Å²) in [5.74, 6) is 1.44. The van der Waals surface area contributed by atoms with E-state index in [0.29, 0.717) is 32.5 Å². The molecule has 1 saturated heterocycles. The molecule has 0 N–H and O–H groups in total. The fourth-order valence-corrected chi connectivity index (χ4v) is 4.59. The highest BCUT2D eigenvalue weighted by Crippen LogP contribution is 2.23. The molecule has 0 spiro atoms. The number of hydrogen-bond acceptors (Lipinski definition) is 4. The Morgan fingerprint density at radius 1 is 1.18 bits per heavy atom. The quantitative estimate of drug-likeness (QED) is 0.744. The minimum atomic E-state index is -3.48. The first-order chi connectivity index (χ1) is 13.3. The fraction of sp³-hybridized carbons (Fsp3) is 0.381. The number of piperidine rings is 1. The molecule has 0 radical (unpaired) electrons. The first kappa shape index (κ1) is 20.4. The predicted molar refractivity (Wildman–Crippen MR) is 109 cm³/mol.